The number of nitrogens with one attached hydrogen (secondary N) is 1. The standard InChI is InChI=1S/C20H22N2O4S/c1-3-26-18-10-6-16(7-11-18)21-19(23)20-12-15(20)13-22(27(20,24)25)17-8-4-14(2)5-9-17/h4-11,15H,3,12-13H2,1-2H3,(H,21,23)/t15-,20-/m0/s1. The molecule has 1 heterocycles. The first-order chi connectivity index (χ1) is 12.9. The number of carbonyl (C=O) groups is 1. The SMILES string of the molecule is CCOc1ccc(NC(=O)[C@]23C[C@H]2CN(c2ccc(C)cc2)S3(=O)=O)cc1. The molecule has 142 valence electrons. The second kappa shape index (κ2) is 6.27. The molecular weight excluding hydrogens is 364 g/mol. The Balaban J connectivity index is 1.55. The van der Waals surface area contributed by atoms with Gasteiger partial charge in [0.1, 0.15) is 5.75 Å². The minimum absolute atomic E-state index is 0.175. The van der Waals surface area contributed by atoms with Gasteiger partial charge < -0.3 is 10.1 Å². The zero-order chi connectivity index (χ0) is 19.2. The molecule has 2 atom stereocenters. The quantitative estimate of drug-likeness (QED) is 0.857. The van der Waals surface area contributed by atoms with Crippen LogP contribution in [0.15, 0.2) is 48.5 Å². The number of nitrogens with zero attached hydrogens (tertiary/aromatic N) is 1. The van der Waals surface area contributed by atoms with Crippen molar-refractivity contribution in [3.8, 4) is 5.75 Å². The van der Waals surface area contributed by atoms with Crippen molar-refractivity contribution in [3.05, 3.63) is 54.1 Å². The number of fused-ring (bicyclic) bond motifs is 1. The van der Waals surface area contributed by atoms with E-state index in [1.807, 2.05) is 26.0 Å². The van der Waals surface area contributed by atoms with Crippen LogP contribution >= 0.6 is 0 Å². The molecule has 1 saturated heterocycles. The summed E-state index contributed by atoms with van der Waals surface area (Å²) >= 11 is 0. The Morgan fingerprint density at radius 1 is 1.19 bits per heavy atom. The molecule has 1 aliphatic heterocycles. The highest BCUT2D eigenvalue weighted by molar-refractivity contribution is 7.95. The lowest BCUT2D eigenvalue weighted by molar-refractivity contribution is -0.116. The van der Waals surface area contributed by atoms with Crippen LogP contribution in [-0.2, 0) is 14.8 Å². The van der Waals surface area contributed by atoms with Crippen molar-refractivity contribution in [2.24, 2.45) is 5.92 Å². The van der Waals surface area contributed by atoms with Crippen LogP contribution in [-0.4, -0.2) is 32.2 Å². The van der Waals surface area contributed by atoms with Gasteiger partial charge in [-0.1, -0.05) is 17.7 Å². The number of hydrogen-bond acceptors (Lipinski definition) is 4. The van der Waals surface area contributed by atoms with E-state index in [1.165, 1.54) is 4.31 Å². The minimum atomic E-state index is -3.76. The lowest BCUT2D eigenvalue weighted by Crippen LogP contribution is -2.42. The molecule has 6 nitrogen and oxygen atoms in total. The summed E-state index contributed by atoms with van der Waals surface area (Å²) in [6.45, 7) is 4.75. The van der Waals surface area contributed by atoms with Gasteiger partial charge in [-0.15, -0.1) is 0 Å². The fraction of sp³-hybridized carbons (Fsp3) is 0.350. The van der Waals surface area contributed by atoms with Gasteiger partial charge in [0.05, 0.1) is 12.3 Å². The Kier molecular flexibility index (Phi) is 4.14. The molecule has 0 radical (unpaired) electrons. The first-order valence-corrected chi connectivity index (χ1v) is 10.5. The maximum atomic E-state index is 13.2. The smallest absolute Gasteiger partial charge is 0.250 e. The number of amides is 1. The summed E-state index contributed by atoms with van der Waals surface area (Å²) in [6.07, 6.45) is 0.376. The highest BCUT2D eigenvalue weighted by atomic mass is 32.2. The number of aryl methyl sites for hydroxylation is 1. The molecule has 0 unspecified atom stereocenters. The first-order valence-electron chi connectivity index (χ1n) is 9.02. The van der Waals surface area contributed by atoms with E-state index < -0.39 is 20.7 Å². The topological polar surface area (TPSA) is 75.7 Å². The molecule has 4 rings (SSSR count). The van der Waals surface area contributed by atoms with Crippen LogP contribution in [0.5, 0.6) is 5.75 Å². The third-order valence-electron chi connectivity index (χ3n) is 5.32. The van der Waals surface area contributed by atoms with Crippen molar-refractivity contribution in [3.63, 3.8) is 0 Å². The predicted octanol–water partition coefficient (Wildman–Crippen LogP) is 2.94. The average molecular weight is 386 g/mol. The van der Waals surface area contributed by atoms with Crippen LogP contribution in [0.4, 0.5) is 11.4 Å². The molecule has 1 aliphatic carbocycles. The van der Waals surface area contributed by atoms with Gasteiger partial charge in [0.2, 0.25) is 15.9 Å². The highest BCUT2D eigenvalue weighted by Gasteiger charge is 2.75. The number of hydrogen-bond donors (Lipinski definition) is 1. The summed E-state index contributed by atoms with van der Waals surface area (Å²) in [4.78, 5) is 12.9. The Morgan fingerprint density at radius 3 is 2.48 bits per heavy atom. The van der Waals surface area contributed by atoms with Gasteiger partial charge in [0.25, 0.3) is 0 Å². The molecule has 1 N–H and O–H groups in total. The highest BCUT2D eigenvalue weighted by Crippen LogP contribution is 2.58. The molecule has 1 saturated carbocycles. The van der Waals surface area contributed by atoms with Crippen molar-refractivity contribution in [2.75, 3.05) is 22.8 Å². The van der Waals surface area contributed by atoms with Crippen LogP contribution in [0, 0.1) is 12.8 Å². The summed E-state index contributed by atoms with van der Waals surface area (Å²) in [5, 5.41) is 2.77. The number of benzene rings is 2. The monoisotopic (exact) mass is 386 g/mol. The molecule has 0 spiro atoms. The van der Waals surface area contributed by atoms with Gasteiger partial charge in [-0.3, -0.25) is 9.10 Å². The van der Waals surface area contributed by atoms with Crippen LogP contribution in [0.1, 0.15) is 18.9 Å². The fourth-order valence-corrected chi connectivity index (χ4v) is 6.08. The van der Waals surface area contributed by atoms with Gasteiger partial charge in [-0.05, 0) is 56.7 Å². The zero-order valence-corrected chi connectivity index (χ0v) is 16.1. The van der Waals surface area contributed by atoms with Gasteiger partial charge >= 0.3 is 0 Å². The van der Waals surface area contributed by atoms with E-state index >= 15 is 0 Å². The molecule has 2 aromatic rings. The van der Waals surface area contributed by atoms with E-state index in [4.69, 9.17) is 4.74 Å². The van der Waals surface area contributed by atoms with Crippen LogP contribution < -0.4 is 14.4 Å². The van der Waals surface area contributed by atoms with Gasteiger partial charge in [-0.2, -0.15) is 0 Å². The average Bonchev–Trinajstić information content (AvgIpc) is 3.33. The fourth-order valence-electron chi connectivity index (χ4n) is 3.72. The molecule has 0 aromatic heterocycles. The molecule has 0 bridgehead atoms. The maximum absolute atomic E-state index is 13.2. The Hall–Kier alpha value is -2.54. The molecule has 2 fully saturated rings. The summed E-state index contributed by atoms with van der Waals surface area (Å²) < 4.78 is 31.7. The van der Waals surface area contributed by atoms with Gasteiger partial charge in [0.15, 0.2) is 4.75 Å². The lowest BCUT2D eigenvalue weighted by Gasteiger charge is -2.23. The Morgan fingerprint density at radius 2 is 1.85 bits per heavy atom. The van der Waals surface area contributed by atoms with E-state index in [0.717, 1.165) is 5.56 Å². The van der Waals surface area contributed by atoms with Gasteiger partial charge in [0, 0.05) is 18.2 Å². The molecule has 2 aliphatic rings. The van der Waals surface area contributed by atoms with E-state index in [-0.39, 0.29) is 5.92 Å². The third kappa shape index (κ3) is 2.77. The molecule has 27 heavy (non-hydrogen) atoms. The maximum Gasteiger partial charge on any atom is 0.250 e. The van der Waals surface area contributed by atoms with Crippen molar-refractivity contribution in [1.29, 1.82) is 0 Å². The summed E-state index contributed by atoms with van der Waals surface area (Å²) in [7, 11) is -3.76. The van der Waals surface area contributed by atoms with Gasteiger partial charge in [-0.25, -0.2) is 8.42 Å². The molecule has 2 aromatic carbocycles. The molecular formula is C20H22N2O4S. The Labute approximate surface area is 159 Å². The van der Waals surface area contributed by atoms with Crippen LogP contribution in [0.2, 0.25) is 0 Å². The van der Waals surface area contributed by atoms with Crippen molar-refractivity contribution in [2.45, 2.75) is 25.0 Å². The lowest BCUT2D eigenvalue weighted by atomic mass is 10.2. The van der Waals surface area contributed by atoms with Crippen molar-refractivity contribution < 1.29 is 17.9 Å². The number of sulfonamides is 1. The zero-order valence-electron chi connectivity index (χ0n) is 15.3. The summed E-state index contributed by atoms with van der Waals surface area (Å²) in [5.74, 6) is 0.0785. The second-order valence-corrected chi connectivity index (χ2v) is 9.19. The number of rotatable bonds is 5. The minimum Gasteiger partial charge on any atom is -0.494 e. The van der Waals surface area contributed by atoms with E-state index in [1.54, 1.807) is 36.4 Å². The van der Waals surface area contributed by atoms with Crippen LogP contribution in [0.3, 0.4) is 0 Å². The van der Waals surface area contributed by atoms with Crippen LogP contribution in [0.25, 0.3) is 0 Å². The number of anilines is 2. The van der Waals surface area contributed by atoms with E-state index in [2.05, 4.69) is 5.32 Å². The second-order valence-electron chi connectivity index (χ2n) is 7.07. The van der Waals surface area contributed by atoms with E-state index in [0.29, 0.717) is 36.7 Å². The Bertz CT molecular complexity index is 970. The molecule has 7 heteroatoms. The normalized spacial score (nSPS) is 25.0. The number of carbonyl (C=O) groups excluding carboxylic acids is 1. The largest absolute Gasteiger partial charge is 0.494 e. The molecule has 1 amide bonds. The van der Waals surface area contributed by atoms with Crippen molar-refractivity contribution in [1.82, 2.24) is 0 Å². The number of ether oxygens (including phenoxy) is 1. The summed E-state index contributed by atoms with van der Waals surface area (Å²) in [6, 6.07) is 14.3. The predicted molar refractivity (Wildman–Crippen MR) is 105 cm³/mol. The van der Waals surface area contributed by atoms with E-state index in [9.17, 15) is 13.2 Å². The third-order valence-corrected chi connectivity index (χ3v) is 7.86. The van der Waals surface area contributed by atoms with Crippen molar-refractivity contribution >= 4 is 27.3 Å². The summed E-state index contributed by atoms with van der Waals surface area (Å²) in [5.41, 5.74) is 2.23. The first kappa shape index (κ1) is 17.9.